The normalized spacial score (nSPS) is 29.3. The van der Waals surface area contributed by atoms with Crippen molar-refractivity contribution in [3.05, 3.63) is 58.5 Å². The molecule has 1 aliphatic carbocycles. The quantitative estimate of drug-likeness (QED) is 0.367. The van der Waals surface area contributed by atoms with Gasteiger partial charge in [0.2, 0.25) is 11.6 Å². The van der Waals surface area contributed by atoms with Crippen molar-refractivity contribution in [1.29, 1.82) is 0 Å². The zero-order valence-corrected chi connectivity index (χ0v) is 23.1. The first-order chi connectivity index (χ1) is 18.7. The topological polar surface area (TPSA) is 134 Å². The van der Waals surface area contributed by atoms with Crippen LogP contribution in [-0.2, 0) is 23.9 Å². The fraction of sp³-hybridized carbons (Fsp3) is 0.517. The Morgan fingerprint density at radius 2 is 1.87 bits per heavy atom. The molecule has 2 aliphatic heterocycles. The Morgan fingerprint density at radius 3 is 2.54 bits per heavy atom. The summed E-state index contributed by atoms with van der Waals surface area (Å²) in [6, 6.07) is 0. The number of nitrogens with zero attached hydrogens (tertiary/aromatic N) is 1. The molecule has 1 fully saturated rings. The fourth-order valence-corrected chi connectivity index (χ4v) is 4.87. The largest absolute Gasteiger partial charge is 0.439 e. The summed E-state index contributed by atoms with van der Waals surface area (Å²) in [4.78, 5) is 53.5. The lowest BCUT2D eigenvalue weighted by Gasteiger charge is -2.27. The molecule has 212 valence electrons. The van der Waals surface area contributed by atoms with Gasteiger partial charge in [-0.05, 0) is 57.9 Å². The van der Waals surface area contributed by atoms with E-state index in [2.05, 4.69) is 10.6 Å². The lowest BCUT2D eigenvalue weighted by Crippen LogP contribution is -2.36. The highest BCUT2D eigenvalue weighted by atomic mass is 16.6. The molecule has 0 spiro atoms. The van der Waals surface area contributed by atoms with Crippen molar-refractivity contribution < 1.29 is 33.8 Å². The van der Waals surface area contributed by atoms with Gasteiger partial charge in [-0.3, -0.25) is 14.4 Å². The van der Waals surface area contributed by atoms with E-state index < -0.39 is 30.3 Å². The summed E-state index contributed by atoms with van der Waals surface area (Å²) in [5.74, 6) is -1.18. The number of methoxy groups -OCH3 is 1. The van der Waals surface area contributed by atoms with Crippen LogP contribution in [-0.4, -0.2) is 79.1 Å². The number of fused-ring (bicyclic) bond motifs is 2. The summed E-state index contributed by atoms with van der Waals surface area (Å²) in [6.07, 6.45) is 8.43. The molecule has 2 heterocycles. The Hall–Kier alpha value is -3.50. The molecule has 3 aliphatic rings. The van der Waals surface area contributed by atoms with Crippen molar-refractivity contribution >= 4 is 23.6 Å². The van der Waals surface area contributed by atoms with Crippen LogP contribution in [0.1, 0.15) is 52.4 Å². The zero-order chi connectivity index (χ0) is 28.5. The molecular weight excluding hydrogens is 502 g/mol. The first-order valence-electron chi connectivity index (χ1n) is 13.4. The number of nitrogens with one attached hydrogen (secondary N) is 2. The SMILES string of the molecule is CNC(=O)OC1/C(C)=C/CC(O)CCCC2=C(N3CCCC3)C(=O)C=C(NC(=O)/C(C)=C/C=C\C1OC)C2=O. The molecule has 0 aromatic carbocycles. The van der Waals surface area contributed by atoms with Gasteiger partial charge in [0.15, 0.2) is 6.10 Å². The molecule has 3 rings (SSSR count). The molecule has 2 bridgehead atoms. The van der Waals surface area contributed by atoms with Gasteiger partial charge in [0, 0.05) is 44.5 Å². The van der Waals surface area contributed by atoms with Crippen LogP contribution in [0.2, 0.25) is 0 Å². The van der Waals surface area contributed by atoms with E-state index in [4.69, 9.17) is 9.47 Å². The molecule has 10 nitrogen and oxygen atoms in total. The number of ketones is 2. The highest BCUT2D eigenvalue weighted by Crippen LogP contribution is 2.29. The average molecular weight is 542 g/mol. The number of carbonyl (C=O) groups is 4. The third-order valence-electron chi connectivity index (χ3n) is 7.12. The van der Waals surface area contributed by atoms with Gasteiger partial charge >= 0.3 is 6.09 Å². The second-order valence-electron chi connectivity index (χ2n) is 9.97. The first-order valence-corrected chi connectivity index (χ1v) is 13.4. The summed E-state index contributed by atoms with van der Waals surface area (Å²) in [7, 11) is 2.94. The molecule has 2 amide bonds. The molecular formula is C29H39N3O7. The number of likely N-dealkylation sites (tertiary alicyclic amines) is 1. The number of hydrogen-bond donors (Lipinski definition) is 3. The molecule has 0 radical (unpaired) electrons. The smallest absolute Gasteiger partial charge is 0.407 e. The summed E-state index contributed by atoms with van der Waals surface area (Å²) in [5, 5.41) is 15.7. The highest BCUT2D eigenvalue weighted by Gasteiger charge is 2.33. The van der Waals surface area contributed by atoms with E-state index in [1.54, 1.807) is 38.2 Å². The maximum absolute atomic E-state index is 13.5. The molecule has 3 unspecified atom stereocenters. The second-order valence-corrected chi connectivity index (χ2v) is 9.97. The Morgan fingerprint density at radius 1 is 1.15 bits per heavy atom. The van der Waals surface area contributed by atoms with Crippen molar-refractivity contribution in [1.82, 2.24) is 15.5 Å². The van der Waals surface area contributed by atoms with Gasteiger partial charge in [-0.1, -0.05) is 24.3 Å². The molecule has 0 saturated carbocycles. The maximum Gasteiger partial charge on any atom is 0.407 e. The third kappa shape index (κ3) is 7.77. The average Bonchev–Trinajstić information content (AvgIpc) is 3.44. The van der Waals surface area contributed by atoms with Gasteiger partial charge in [0.05, 0.1) is 17.5 Å². The minimum atomic E-state index is -0.763. The van der Waals surface area contributed by atoms with Crippen LogP contribution in [0.4, 0.5) is 4.79 Å². The molecule has 3 atom stereocenters. The Balaban J connectivity index is 1.96. The Kier molecular flexibility index (Phi) is 10.8. The number of rotatable bonds is 3. The number of carbonyl (C=O) groups excluding carboxylic acids is 4. The lowest BCUT2D eigenvalue weighted by molar-refractivity contribution is -0.120. The number of allylic oxidation sites excluding steroid dienone is 4. The van der Waals surface area contributed by atoms with Crippen LogP contribution in [0.5, 0.6) is 0 Å². The van der Waals surface area contributed by atoms with E-state index in [1.807, 2.05) is 4.90 Å². The molecule has 0 aromatic heterocycles. The number of Topliss-reactive ketones (excluding diaryl/α,β-unsaturated/α-hetero) is 1. The molecule has 39 heavy (non-hydrogen) atoms. The van der Waals surface area contributed by atoms with Crippen LogP contribution in [0.3, 0.4) is 0 Å². The van der Waals surface area contributed by atoms with E-state index in [1.165, 1.54) is 20.2 Å². The number of hydrogen-bond acceptors (Lipinski definition) is 8. The van der Waals surface area contributed by atoms with Crippen LogP contribution in [0.25, 0.3) is 0 Å². The van der Waals surface area contributed by atoms with Crippen LogP contribution in [0.15, 0.2) is 58.5 Å². The van der Waals surface area contributed by atoms with Gasteiger partial charge in [-0.15, -0.1) is 0 Å². The van der Waals surface area contributed by atoms with Gasteiger partial charge in [-0.2, -0.15) is 0 Å². The van der Waals surface area contributed by atoms with E-state index in [-0.39, 0.29) is 17.3 Å². The highest BCUT2D eigenvalue weighted by molar-refractivity contribution is 6.23. The predicted octanol–water partition coefficient (Wildman–Crippen LogP) is 2.61. The minimum absolute atomic E-state index is 0.0475. The first kappa shape index (κ1) is 30.0. The van der Waals surface area contributed by atoms with Crippen LogP contribution >= 0.6 is 0 Å². The van der Waals surface area contributed by atoms with E-state index >= 15 is 0 Å². The molecule has 10 heteroatoms. The van der Waals surface area contributed by atoms with Crippen LogP contribution in [0, 0.1) is 0 Å². The number of aliphatic hydroxyl groups is 1. The van der Waals surface area contributed by atoms with E-state index in [0.717, 1.165) is 12.8 Å². The number of aliphatic hydroxyl groups excluding tert-OH is 1. The molecule has 0 aromatic rings. The monoisotopic (exact) mass is 541 g/mol. The summed E-state index contributed by atoms with van der Waals surface area (Å²) in [6.45, 7) is 4.79. The van der Waals surface area contributed by atoms with Crippen molar-refractivity contribution in [2.75, 3.05) is 27.2 Å². The Bertz CT molecular complexity index is 1130. The standard InChI is InChI=1S/C29H39N3O7/c1-18-13-14-20(33)10-8-11-21-25(32-15-5-6-16-32)23(34)17-22(26(21)35)31-28(36)19(2)9-7-12-24(38-4)27(18)39-29(37)30-3/h7,9,12-13,17,20,24,27,33H,5-6,8,10-11,14-16H2,1-4H3,(H,30,37)(H,31,36)/b12-7-,18-13+,19-9+. The predicted molar refractivity (Wildman–Crippen MR) is 145 cm³/mol. The van der Waals surface area contributed by atoms with Gasteiger partial charge in [0.1, 0.15) is 6.10 Å². The zero-order valence-electron chi connectivity index (χ0n) is 23.1. The van der Waals surface area contributed by atoms with Gasteiger partial charge < -0.3 is 30.1 Å². The number of ether oxygens (including phenoxy) is 2. The number of alkyl carbamates (subject to hydrolysis) is 1. The molecule has 3 N–H and O–H groups in total. The maximum atomic E-state index is 13.5. The fourth-order valence-electron chi connectivity index (χ4n) is 4.87. The Labute approximate surface area is 229 Å². The summed E-state index contributed by atoms with van der Waals surface area (Å²) in [5.41, 5.74) is 1.73. The summed E-state index contributed by atoms with van der Waals surface area (Å²) >= 11 is 0. The molecule has 1 saturated heterocycles. The number of amides is 2. The summed E-state index contributed by atoms with van der Waals surface area (Å²) < 4.78 is 11.1. The van der Waals surface area contributed by atoms with Crippen LogP contribution < -0.4 is 10.6 Å². The lowest BCUT2D eigenvalue weighted by atomic mass is 9.91. The van der Waals surface area contributed by atoms with E-state index in [0.29, 0.717) is 61.2 Å². The van der Waals surface area contributed by atoms with Crippen molar-refractivity contribution in [3.63, 3.8) is 0 Å². The minimum Gasteiger partial charge on any atom is -0.439 e. The van der Waals surface area contributed by atoms with Crippen molar-refractivity contribution in [2.45, 2.75) is 70.7 Å². The van der Waals surface area contributed by atoms with Crippen molar-refractivity contribution in [3.8, 4) is 0 Å². The van der Waals surface area contributed by atoms with Crippen molar-refractivity contribution in [2.24, 2.45) is 0 Å². The van der Waals surface area contributed by atoms with E-state index in [9.17, 15) is 24.3 Å². The third-order valence-corrected chi connectivity index (χ3v) is 7.12. The van der Waals surface area contributed by atoms with Gasteiger partial charge in [-0.25, -0.2) is 4.79 Å². The second kappa shape index (κ2) is 14.0. The van der Waals surface area contributed by atoms with Gasteiger partial charge in [0.25, 0.3) is 5.91 Å².